The second kappa shape index (κ2) is 8.68. The van der Waals surface area contributed by atoms with E-state index in [0.29, 0.717) is 18.1 Å². The highest BCUT2D eigenvalue weighted by molar-refractivity contribution is 5.83. The van der Waals surface area contributed by atoms with E-state index in [2.05, 4.69) is 44.8 Å². The maximum atomic E-state index is 12.1. The standard InChI is InChI=1S/C22H25N5O2/c1-15-9-11-16(12-10-15)14-29-18-8-6-5-7-17(18)13-23-26-21-24-20(28)19(25-27-21)22(2,3)4/h5-13H,14H2,1-4H3,(H2,24,26,27,28)/b23-13+. The molecule has 0 aliphatic heterocycles. The van der Waals surface area contributed by atoms with Crippen LogP contribution in [0.1, 0.15) is 43.2 Å². The van der Waals surface area contributed by atoms with Crippen molar-refractivity contribution < 1.29 is 4.74 Å². The SMILES string of the molecule is Cc1ccc(COc2ccccc2/C=N/Nc2nnc(C(C)(C)C)c(=O)[nH]2)cc1. The fourth-order valence-electron chi connectivity index (χ4n) is 2.61. The fourth-order valence-corrected chi connectivity index (χ4v) is 2.61. The maximum Gasteiger partial charge on any atom is 0.274 e. The van der Waals surface area contributed by atoms with E-state index >= 15 is 0 Å². The van der Waals surface area contributed by atoms with Crippen LogP contribution in [-0.4, -0.2) is 21.4 Å². The van der Waals surface area contributed by atoms with Crippen molar-refractivity contribution in [2.24, 2.45) is 5.10 Å². The summed E-state index contributed by atoms with van der Waals surface area (Å²) >= 11 is 0. The second-order valence-electron chi connectivity index (χ2n) is 7.78. The predicted molar refractivity (Wildman–Crippen MR) is 115 cm³/mol. The smallest absolute Gasteiger partial charge is 0.274 e. The number of hydrogen-bond acceptors (Lipinski definition) is 6. The average Bonchev–Trinajstić information content (AvgIpc) is 2.67. The third-order valence-electron chi connectivity index (χ3n) is 4.22. The first-order valence-electron chi connectivity index (χ1n) is 9.37. The molecule has 7 heteroatoms. The van der Waals surface area contributed by atoms with Gasteiger partial charge in [0.25, 0.3) is 5.56 Å². The van der Waals surface area contributed by atoms with Crippen molar-refractivity contribution in [3.05, 3.63) is 81.3 Å². The van der Waals surface area contributed by atoms with Gasteiger partial charge in [-0.2, -0.15) is 5.10 Å². The zero-order valence-corrected chi connectivity index (χ0v) is 17.1. The molecule has 150 valence electrons. The summed E-state index contributed by atoms with van der Waals surface area (Å²) in [5, 5.41) is 12.1. The molecule has 0 saturated heterocycles. The Morgan fingerprint density at radius 3 is 2.52 bits per heavy atom. The Hall–Kier alpha value is -3.48. The molecular weight excluding hydrogens is 366 g/mol. The summed E-state index contributed by atoms with van der Waals surface area (Å²) in [4.78, 5) is 14.8. The van der Waals surface area contributed by atoms with Crippen LogP contribution in [0.15, 0.2) is 58.4 Å². The van der Waals surface area contributed by atoms with E-state index in [1.54, 1.807) is 6.21 Å². The van der Waals surface area contributed by atoms with E-state index in [4.69, 9.17) is 4.74 Å². The Balaban J connectivity index is 1.67. The number of hydrazone groups is 1. The third kappa shape index (κ3) is 5.51. The molecule has 2 aromatic carbocycles. The van der Waals surface area contributed by atoms with Crippen molar-refractivity contribution >= 4 is 12.2 Å². The van der Waals surface area contributed by atoms with E-state index in [0.717, 1.165) is 11.1 Å². The number of benzene rings is 2. The van der Waals surface area contributed by atoms with E-state index in [-0.39, 0.29) is 16.9 Å². The summed E-state index contributed by atoms with van der Waals surface area (Å²) in [5.74, 6) is 0.888. The van der Waals surface area contributed by atoms with Crippen molar-refractivity contribution in [2.75, 3.05) is 5.43 Å². The Morgan fingerprint density at radius 1 is 1.10 bits per heavy atom. The molecule has 0 radical (unpaired) electrons. The summed E-state index contributed by atoms with van der Waals surface area (Å²) in [5.41, 5.74) is 5.52. The van der Waals surface area contributed by atoms with Gasteiger partial charge in [0, 0.05) is 11.0 Å². The summed E-state index contributed by atoms with van der Waals surface area (Å²) in [6, 6.07) is 15.8. The number of aromatic amines is 1. The molecule has 0 bridgehead atoms. The minimum atomic E-state index is -0.379. The number of anilines is 1. The van der Waals surface area contributed by atoms with E-state index in [1.165, 1.54) is 5.56 Å². The Labute approximate surface area is 169 Å². The van der Waals surface area contributed by atoms with Gasteiger partial charge in [-0.3, -0.25) is 9.78 Å². The van der Waals surface area contributed by atoms with Crippen molar-refractivity contribution in [1.82, 2.24) is 15.2 Å². The molecule has 0 spiro atoms. The number of ether oxygens (including phenoxy) is 1. The largest absolute Gasteiger partial charge is 0.488 e. The predicted octanol–water partition coefficient (Wildman–Crippen LogP) is 3.80. The Bertz CT molecular complexity index is 1050. The molecule has 0 amide bonds. The number of para-hydroxylation sites is 1. The molecular formula is C22H25N5O2. The number of hydrogen-bond donors (Lipinski definition) is 2. The molecule has 0 saturated carbocycles. The zero-order chi connectivity index (χ0) is 20.9. The Kier molecular flexibility index (Phi) is 6.07. The molecule has 3 aromatic rings. The fraction of sp³-hybridized carbons (Fsp3) is 0.273. The van der Waals surface area contributed by atoms with Gasteiger partial charge in [0.2, 0.25) is 5.95 Å². The lowest BCUT2D eigenvalue weighted by Crippen LogP contribution is -2.28. The monoisotopic (exact) mass is 391 g/mol. The molecule has 2 N–H and O–H groups in total. The highest BCUT2D eigenvalue weighted by Gasteiger charge is 2.20. The van der Waals surface area contributed by atoms with Crippen molar-refractivity contribution in [2.45, 2.75) is 39.7 Å². The van der Waals surface area contributed by atoms with Crippen LogP contribution < -0.4 is 15.7 Å². The normalized spacial score (nSPS) is 11.6. The second-order valence-corrected chi connectivity index (χ2v) is 7.78. The number of nitrogens with zero attached hydrogens (tertiary/aromatic N) is 3. The van der Waals surface area contributed by atoms with E-state index < -0.39 is 0 Å². The molecule has 1 aromatic heterocycles. The summed E-state index contributed by atoms with van der Waals surface area (Å²) < 4.78 is 5.93. The van der Waals surface area contributed by atoms with Gasteiger partial charge in [-0.15, -0.1) is 10.2 Å². The molecule has 0 aliphatic carbocycles. The molecule has 3 rings (SSSR count). The van der Waals surface area contributed by atoms with Crippen LogP contribution in [0.25, 0.3) is 0 Å². The van der Waals surface area contributed by atoms with Crippen molar-refractivity contribution in [3.63, 3.8) is 0 Å². The number of rotatable bonds is 6. The number of nitrogens with one attached hydrogen (secondary N) is 2. The van der Waals surface area contributed by atoms with Gasteiger partial charge in [-0.05, 0) is 24.6 Å². The molecule has 7 nitrogen and oxygen atoms in total. The first-order chi connectivity index (χ1) is 13.8. The lowest BCUT2D eigenvalue weighted by Gasteiger charge is -2.15. The van der Waals surface area contributed by atoms with E-state index in [9.17, 15) is 4.79 Å². The van der Waals surface area contributed by atoms with Crippen LogP contribution >= 0.6 is 0 Å². The molecule has 29 heavy (non-hydrogen) atoms. The van der Waals surface area contributed by atoms with Crippen LogP contribution in [0.5, 0.6) is 5.75 Å². The topological polar surface area (TPSA) is 92.3 Å². The van der Waals surface area contributed by atoms with Crippen LogP contribution in [0.3, 0.4) is 0 Å². The summed E-state index contributed by atoms with van der Waals surface area (Å²) in [7, 11) is 0. The third-order valence-corrected chi connectivity index (χ3v) is 4.22. The van der Waals surface area contributed by atoms with Crippen molar-refractivity contribution in [1.29, 1.82) is 0 Å². The van der Waals surface area contributed by atoms with Crippen molar-refractivity contribution in [3.8, 4) is 5.75 Å². The van der Waals surface area contributed by atoms with Crippen LogP contribution in [0.2, 0.25) is 0 Å². The first-order valence-corrected chi connectivity index (χ1v) is 9.37. The summed E-state index contributed by atoms with van der Waals surface area (Å²) in [6.07, 6.45) is 1.61. The zero-order valence-electron chi connectivity index (χ0n) is 17.1. The molecule has 0 atom stereocenters. The molecule has 0 fully saturated rings. The first kappa shape index (κ1) is 20.3. The minimum Gasteiger partial charge on any atom is -0.488 e. The molecule has 0 unspecified atom stereocenters. The quantitative estimate of drug-likeness (QED) is 0.493. The average molecular weight is 391 g/mol. The van der Waals surface area contributed by atoms with Gasteiger partial charge in [0.15, 0.2) is 0 Å². The molecule has 1 heterocycles. The van der Waals surface area contributed by atoms with Gasteiger partial charge >= 0.3 is 0 Å². The van der Waals surface area contributed by atoms with Gasteiger partial charge in [-0.25, -0.2) is 5.43 Å². The lowest BCUT2D eigenvalue weighted by molar-refractivity contribution is 0.306. The van der Waals surface area contributed by atoms with Gasteiger partial charge < -0.3 is 4.74 Å². The number of aromatic nitrogens is 3. The minimum absolute atomic E-state index is 0.178. The highest BCUT2D eigenvalue weighted by Crippen LogP contribution is 2.18. The van der Waals surface area contributed by atoms with Crippen LogP contribution in [0.4, 0.5) is 5.95 Å². The Morgan fingerprint density at radius 2 is 1.83 bits per heavy atom. The van der Waals surface area contributed by atoms with Crippen LogP contribution in [-0.2, 0) is 12.0 Å². The number of H-pyrrole nitrogens is 1. The molecule has 0 aliphatic rings. The summed E-state index contributed by atoms with van der Waals surface area (Å²) in [6.45, 7) is 8.24. The van der Waals surface area contributed by atoms with E-state index in [1.807, 2.05) is 57.2 Å². The van der Waals surface area contributed by atoms with Gasteiger partial charge in [0.1, 0.15) is 18.1 Å². The maximum absolute atomic E-state index is 12.1. The lowest BCUT2D eigenvalue weighted by atomic mass is 9.93. The van der Waals surface area contributed by atoms with Gasteiger partial charge in [-0.1, -0.05) is 62.7 Å². The number of aryl methyl sites for hydroxylation is 1. The van der Waals surface area contributed by atoms with Gasteiger partial charge in [0.05, 0.1) is 6.21 Å². The van der Waals surface area contributed by atoms with Crippen LogP contribution in [0, 0.1) is 6.92 Å². The highest BCUT2D eigenvalue weighted by atomic mass is 16.5.